The molecular formula is C95H94BN3. The van der Waals surface area contributed by atoms with E-state index in [0.717, 1.165) is 18.5 Å². The smallest absolute Gasteiger partial charge is 0.252 e. The van der Waals surface area contributed by atoms with Crippen molar-refractivity contribution < 1.29 is 0 Å². The van der Waals surface area contributed by atoms with Crippen LogP contribution in [0.25, 0.3) is 83.1 Å². The first kappa shape index (κ1) is 65.1. The Balaban J connectivity index is 1.13. The van der Waals surface area contributed by atoms with E-state index in [0.29, 0.717) is 0 Å². The number of aryl methyl sites for hydroxylation is 1. The molecule has 0 saturated heterocycles. The van der Waals surface area contributed by atoms with E-state index in [4.69, 9.17) is 0 Å². The monoisotopic (exact) mass is 1290 g/mol. The molecule has 0 atom stereocenters. The van der Waals surface area contributed by atoms with Crippen LogP contribution in [0.15, 0.2) is 261 Å². The van der Waals surface area contributed by atoms with E-state index in [1.54, 1.807) is 0 Å². The molecule has 4 heteroatoms. The molecule has 0 fully saturated rings. The maximum atomic E-state index is 2.78. The van der Waals surface area contributed by atoms with E-state index in [-0.39, 0.29) is 28.4 Å². The molecule has 0 N–H and O–H groups in total. The van der Waals surface area contributed by atoms with Gasteiger partial charge >= 0.3 is 0 Å². The maximum absolute atomic E-state index is 2.78. The van der Waals surface area contributed by atoms with E-state index in [9.17, 15) is 0 Å². The van der Waals surface area contributed by atoms with Crippen molar-refractivity contribution in [1.29, 1.82) is 0 Å². The molecule has 99 heavy (non-hydrogen) atoms. The Morgan fingerprint density at radius 2 is 0.707 bits per heavy atom. The van der Waals surface area contributed by atoms with Gasteiger partial charge in [-0.15, -0.1) is 0 Å². The normalized spacial score (nSPS) is 13.1. The molecule has 0 spiro atoms. The average molecular weight is 1290 g/mol. The van der Waals surface area contributed by atoms with Crippen LogP contribution < -0.4 is 26.2 Å². The third-order valence-corrected chi connectivity index (χ3v) is 21.3. The van der Waals surface area contributed by atoms with E-state index < -0.39 is 0 Å². The van der Waals surface area contributed by atoms with Crippen LogP contribution in [-0.2, 0) is 28.1 Å². The van der Waals surface area contributed by atoms with Gasteiger partial charge in [0.25, 0.3) is 6.71 Å². The second kappa shape index (κ2) is 25.4. The van der Waals surface area contributed by atoms with Crippen molar-refractivity contribution in [2.75, 3.05) is 9.80 Å². The standard InChI is InChI=1S/C95H94BN3/c1-14-15-16-17-23-34-63-53-87-89-88(54-63)99(91-77(67-41-30-21-31-42-67)60-73(95(11,12)13)61-78(91)68-43-32-22-33-44-68)86-62-74(97-83-51-46-70(92(2,3)4)56-79(83)80-57-71(93(5,6)7)47-52-84(80)97)48-49-81(86)96(89)82-55-69(64-35-24-18-25-36-64)45-50-85(82)98(87)90-75(65-37-26-19-27-38-65)58-72(94(8,9)10)59-76(90)66-39-28-20-29-40-66/h18-22,24-33,35-62H,14-17,23,34H2,1-13H3. The molecule has 13 aromatic rings. The lowest BCUT2D eigenvalue weighted by atomic mass is 9.33. The fraction of sp³-hybridized carbons (Fsp3) is 0.242. The highest BCUT2D eigenvalue weighted by atomic mass is 15.2. The highest BCUT2D eigenvalue weighted by Gasteiger charge is 2.46. The Kier molecular flexibility index (Phi) is 16.7. The number of fused-ring (bicyclic) bond motifs is 7. The summed E-state index contributed by atoms with van der Waals surface area (Å²) in [6, 6.07) is 101. The zero-order valence-electron chi connectivity index (χ0n) is 60.5. The molecule has 0 saturated carbocycles. The second-order valence-corrected chi connectivity index (χ2v) is 32.3. The number of anilines is 6. The van der Waals surface area contributed by atoms with Crippen LogP contribution in [0.1, 0.15) is 150 Å². The van der Waals surface area contributed by atoms with Crippen molar-refractivity contribution in [2.45, 2.75) is 150 Å². The molecule has 0 radical (unpaired) electrons. The van der Waals surface area contributed by atoms with Crippen LogP contribution in [0.4, 0.5) is 34.1 Å². The van der Waals surface area contributed by atoms with Crippen LogP contribution in [0, 0.1) is 0 Å². The van der Waals surface area contributed by atoms with Gasteiger partial charge in [0.15, 0.2) is 0 Å². The molecule has 3 nitrogen and oxygen atoms in total. The Bertz CT molecular complexity index is 4980. The molecule has 0 bridgehead atoms. The van der Waals surface area contributed by atoms with Crippen LogP contribution in [0.2, 0.25) is 0 Å². The molecule has 1 aromatic heterocycles. The number of unbranched alkanes of at least 4 members (excludes halogenated alkanes) is 4. The molecule has 492 valence electrons. The van der Waals surface area contributed by atoms with Crippen LogP contribution in [0.5, 0.6) is 0 Å². The minimum Gasteiger partial charge on any atom is -0.310 e. The summed E-state index contributed by atoms with van der Waals surface area (Å²) in [4.78, 5) is 5.52. The van der Waals surface area contributed by atoms with Crippen LogP contribution in [0.3, 0.4) is 0 Å². The molecule has 0 amide bonds. The summed E-state index contributed by atoms with van der Waals surface area (Å²) in [5.74, 6) is 0. The lowest BCUT2D eigenvalue weighted by molar-refractivity contribution is 0.590. The van der Waals surface area contributed by atoms with Crippen molar-refractivity contribution in [3.63, 3.8) is 0 Å². The largest absolute Gasteiger partial charge is 0.310 e. The summed E-state index contributed by atoms with van der Waals surface area (Å²) in [6.07, 6.45) is 6.88. The summed E-state index contributed by atoms with van der Waals surface area (Å²) in [7, 11) is 0. The van der Waals surface area contributed by atoms with Gasteiger partial charge in [-0.05, 0) is 191 Å². The molecule has 3 heterocycles. The molecule has 0 unspecified atom stereocenters. The first-order valence-electron chi connectivity index (χ1n) is 36.4. The number of hydrogen-bond acceptors (Lipinski definition) is 2. The van der Waals surface area contributed by atoms with Crippen molar-refractivity contribution in [3.8, 4) is 61.3 Å². The maximum Gasteiger partial charge on any atom is 0.252 e. The van der Waals surface area contributed by atoms with Gasteiger partial charge in [-0.25, -0.2) is 0 Å². The lowest BCUT2D eigenvalue weighted by Gasteiger charge is -2.46. The van der Waals surface area contributed by atoms with E-state index in [1.807, 2.05) is 0 Å². The summed E-state index contributed by atoms with van der Waals surface area (Å²) < 4.78 is 2.58. The number of nitrogens with zero attached hydrogens (tertiary/aromatic N) is 3. The Hall–Kier alpha value is -9.90. The molecule has 2 aliphatic rings. The number of benzene rings is 12. The van der Waals surface area contributed by atoms with Gasteiger partial charge in [-0.2, -0.15) is 0 Å². The zero-order chi connectivity index (χ0) is 68.7. The predicted molar refractivity (Wildman–Crippen MR) is 429 cm³/mol. The third kappa shape index (κ3) is 12.0. The highest BCUT2D eigenvalue weighted by molar-refractivity contribution is 7.00. The highest BCUT2D eigenvalue weighted by Crippen LogP contribution is 2.55. The summed E-state index contributed by atoms with van der Waals surface area (Å²) >= 11 is 0. The third-order valence-electron chi connectivity index (χ3n) is 21.3. The predicted octanol–water partition coefficient (Wildman–Crippen LogP) is 24.9. The van der Waals surface area contributed by atoms with Crippen LogP contribution >= 0.6 is 0 Å². The molecule has 12 aromatic carbocycles. The first-order valence-corrected chi connectivity index (χ1v) is 36.4. The topological polar surface area (TPSA) is 11.4 Å². The van der Waals surface area contributed by atoms with Crippen molar-refractivity contribution in [3.05, 3.63) is 289 Å². The first-order chi connectivity index (χ1) is 47.6. The van der Waals surface area contributed by atoms with E-state index in [2.05, 4.69) is 365 Å². The van der Waals surface area contributed by atoms with Gasteiger partial charge in [-0.1, -0.05) is 298 Å². The number of hydrogen-bond donors (Lipinski definition) is 0. The fourth-order valence-corrected chi connectivity index (χ4v) is 15.8. The number of rotatable bonds is 14. The Labute approximate surface area is 590 Å². The summed E-state index contributed by atoms with van der Waals surface area (Å²) in [6.45, 7) is 30.4. The molecular weight excluding hydrogens is 1190 g/mol. The Morgan fingerprint density at radius 1 is 0.303 bits per heavy atom. The van der Waals surface area contributed by atoms with Gasteiger partial charge in [0.1, 0.15) is 0 Å². The second-order valence-electron chi connectivity index (χ2n) is 32.3. The van der Waals surface area contributed by atoms with Crippen molar-refractivity contribution in [2.24, 2.45) is 0 Å². The van der Waals surface area contributed by atoms with Crippen LogP contribution in [-0.4, -0.2) is 11.3 Å². The Morgan fingerprint density at radius 3 is 1.12 bits per heavy atom. The van der Waals surface area contributed by atoms with Gasteiger partial charge in [0.2, 0.25) is 0 Å². The minimum absolute atomic E-state index is 0.0407. The summed E-state index contributed by atoms with van der Waals surface area (Å²) in [5.41, 5.74) is 32.7. The van der Waals surface area contributed by atoms with Gasteiger partial charge in [0.05, 0.1) is 22.4 Å². The summed E-state index contributed by atoms with van der Waals surface area (Å²) in [5, 5.41) is 2.56. The lowest BCUT2D eigenvalue weighted by Crippen LogP contribution is -2.61. The molecule has 2 aliphatic heterocycles. The number of aromatic nitrogens is 1. The fourth-order valence-electron chi connectivity index (χ4n) is 15.8. The van der Waals surface area contributed by atoms with Gasteiger partial charge in [0, 0.05) is 61.5 Å². The molecule has 15 rings (SSSR count). The molecule has 0 aliphatic carbocycles. The minimum atomic E-state index is -0.186. The van der Waals surface area contributed by atoms with Gasteiger partial charge in [-0.3, -0.25) is 0 Å². The van der Waals surface area contributed by atoms with Gasteiger partial charge < -0.3 is 14.4 Å². The zero-order valence-corrected chi connectivity index (χ0v) is 60.5. The van der Waals surface area contributed by atoms with E-state index >= 15 is 0 Å². The van der Waals surface area contributed by atoms with E-state index in [1.165, 1.54) is 181 Å². The average Bonchev–Trinajstić information content (AvgIpc) is 0.964. The quantitative estimate of drug-likeness (QED) is 0.0794. The SMILES string of the molecule is CCCCCCCc1cc2c3c(c1)N(c1c(-c4ccccc4)cc(C(C)(C)C)cc1-c1ccccc1)c1cc(-n4c5ccc(C(C)(C)C)cc5c5cc(C(C)(C)C)ccc54)ccc1B3c1cc(-c3ccccc3)ccc1N2c1c(-c2ccccc2)cc(C(C)(C)C)cc1-c1ccccc1. The van der Waals surface area contributed by atoms with Crippen molar-refractivity contribution in [1.82, 2.24) is 4.57 Å². The van der Waals surface area contributed by atoms with Crippen molar-refractivity contribution >= 4 is 79.0 Å².